The summed E-state index contributed by atoms with van der Waals surface area (Å²) in [5.74, 6) is 0. The Balaban J connectivity index is -0.0000000800. The van der Waals surface area contributed by atoms with Gasteiger partial charge in [0.15, 0.2) is 0 Å². The van der Waals surface area contributed by atoms with E-state index in [1.54, 1.807) is 0 Å². The van der Waals surface area contributed by atoms with E-state index in [1.165, 1.54) is 0 Å². The Labute approximate surface area is 64.1 Å². The van der Waals surface area contributed by atoms with E-state index in [0.29, 0.717) is 0 Å². The molecule has 6 heteroatoms. The summed E-state index contributed by atoms with van der Waals surface area (Å²) in [6, 6.07) is 0. The summed E-state index contributed by atoms with van der Waals surface area (Å²) in [5, 5.41) is 0. The normalized spacial score (nSPS) is 8.43. The van der Waals surface area contributed by atoms with Crippen molar-refractivity contribution in [1.82, 2.24) is 0 Å². The first kappa shape index (κ1) is 15.7. The number of phosphoric acid groups is 1. The van der Waals surface area contributed by atoms with Gasteiger partial charge in [0.25, 0.3) is 0 Å². The van der Waals surface area contributed by atoms with Crippen LogP contribution in [0.2, 0.25) is 0 Å². The van der Waals surface area contributed by atoms with E-state index >= 15 is 0 Å². The molecule has 7 heavy (non-hydrogen) atoms. The zero-order valence-electron chi connectivity index (χ0n) is 4.08. The molecule has 0 bridgehead atoms. The summed E-state index contributed by atoms with van der Waals surface area (Å²) in [6.07, 6.45) is 0. The molecule has 0 aromatic carbocycles. The van der Waals surface area contributed by atoms with Crippen LogP contribution in [-0.4, -0.2) is 0 Å². The third-order valence-corrected chi connectivity index (χ3v) is 0. The van der Waals surface area contributed by atoms with E-state index in [4.69, 9.17) is 19.2 Å². The Kier molecular flexibility index (Phi) is 11.8. The maximum Gasteiger partial charge on any atom is 1.00 e. The van der Waals surface area contributed by atoms with Crippen molar-refractivity contribution in [1.29, 1.82) is 0 Å². The fraction of sp³-hybridized carbons (Fsp3) is 0. The van der Waals surface area contributed by atoms with Crippen LogP contribution in [0.15, 0.2) is 0 Å². The summed E-state index contributed by atoms with van der Waals surface area (Å²) in [4.78, 5) is 25.6. The Hall–Kier alpha value is 1.11. The molecule has 0 heterocycles. The Morgan fingerprint density at radius 1 is 1.14 bits per heavy atom. The van der Waals surface area contributed by atoms with Gasteiger partial charge in [0.05, 0.1) is 0 Å². The minimum atomic E-state index is -5.39. The molecule has 0 aromatic rings. The standard InChI is InChI=1S/CH3.Na.H3O4P/c;;1-5(2,3)4/h1H3;;(H3,1,2,3,4)/q-1;+1;/p-3. The van der Waals surface area contributed by atoms with Crippen LogP contribution in [-0.2, 0) is 4.57 Å². The molecule has 40 valence electrons. The van der Waals surface area contributed by atoms with Crippen molar-refractivity contribution >= 4 is 7.82 Å². The van der Waals surface area contributed by atoms with E-state index in [1.807, 2.05) is 0 Å². The summed E-state index contributed by atoms with van der Waals surface area (Å²) in [7, 11) is -5.39. The van der Waals surface area contributed by atoms with Crippen molar-refractivity contribution in [3.8, 4) is 0 Å². The van der Waals surface area contributed by atoms with Crippen LogP contribution in [0.25, 0.3) is 0 Å². The third-order valence-electron chi connectivity index (χ3n) is 0. The van der Waals surface area contributed by atoms with Crippen LogP contribution in [0.1, 0.15) is 0 Å². The molecular weight excluding hydrogens is 130 g/mol. The smallest absolute Gasteiger partial charge is 0.822 e. The van der Waals surface area contributed by atoms with Crippen molar-refractivity contribution in [2.45, 2.75) is 0 Å². The molecule has 0 atom stereocenters. The molecule has 0 radical (unpaired) electrons. The first-order valence-electron chi connectivity index (χ1n) is 0.730. The SMILES string of the molecule is O=P([O-])([O-])[O-].[CH3-].[Na+]. The van der Waals surface area contributed by atoms with E-state index in [2.05, 4.69) is 0 Å². The van der Waals surface area contributed by atoms with E-state index < -0.39 is 7.82 Å². The van der Waals surface area contributed by atoms with Crippen LogP contribution in [0.4, 0.5) is 0 Å². The summed E-state index contributed by atoms with van der Waals surface area (Å²) < 4.78 is 8.55. The molecule has 0 aliphatic rings. The molecule has 0 spiro atoms. The Morgan fingerprint density at radius 2 is 1.14 bits per heavy atom. The van der Waals surface area contributed by atoms with Crippen molar-refractivity contribution < 1.29 is 48.8 Å². The predicted octanol–water partition coefficient (Wildman–Crippen LogP) is -5.37. The van der Waals surface area contributed by atoms with Gasteiger partial charge in [-0.05, 0) is 0 Å². The molecular formula is CH3NaO4P-3. The van der Waals surface area contributed by atoms with Gasteiger partial charge in [0, 0.05) is 0 Å². The topological polar surface area (TPSA) is 86.2 Å². The molecule has 0 aromatic heterocycles. The van der Waals surface area contributed by atoms with Crippen molar-refractivity contribution in [3.63, 3.8) is 0 Å². The monoisotopic (exact) mass is 133 g/mol. The molecule has 0 amide bonds. The zero-order chi connectivity index (χ0) is 4.50. The quantitative estimate of drug-likeness (QED) is 0.187. The van der Waals surface area contributed by atoms with Gasteiger partial charge in [0.2, 0.25) is 0 Å². The average molecular weight is 133 g/mol. The van der Waals surface area contributed by atoms with Crippen LogP contribution in [0.3, 0.4) is 0 Å². The van der Waals surface area contributed by atoms with E-state index in [-0.39, 0.29) is 37.0 Å². The fourth-order valence-corrected chi connectivity index (χ4v) is 0. The van der Waals surface area contributed by atoms with Gasteiger partial charge in [-0.1, -0.05) is 0 Å². The van der Waals surface area contributed by atoms with E-state index in [9.17, 15) is 0 Å². The number of hydrogen-bond donors (Lipinski definition) is 0. The summed E-state index contributed by atoms with van der Waals surface area (Å²) in [5.41, 5.74) is 0. The minimum Gasteiger partial charge on any atom is -0.822 e. The van der Waals surface area contributed by atoms with Gasteiger partial charge in [-0.2, -0.15) is 7.82 Å². The van der Waals surface area contributed by atoms with Gasteiger partial charge in [-0.25, -0.2) is 0 Å². The minimum absolute atomic E-state index is 0. The second-order valence-corrected chi connectivity index (χ2v) is 1.34. The van der Waals surface area contributed by atoms with Crippen molar-refractivity contribution in [2.75, 3.05) is 0 Å². The van der Waals surface area contributed by atoms with Crippen LogP contribution >= 0.6 is 7.82 Å². The molecule has 0 saturated heterocycles. The molecule has 0 aliphatic carbocycles. The van der Waals surface area contributed by atoms with Crippen LogP contribution in [0, 0.1) is 7.43 Å². The maximum atomic E-state index is 8.55. The molecule has 0 unspecified atom stereocenters. The van der Waals surface area contributed by atoms with E-state index in [0.717, 1.165) is 0 Å². The first-order valence-corrected chi connectivity index (χ1v) is 2.19. The molecule has 4 nitrogen and oxygen atoms in total. The summed E-state index contributed by atoms with van der Waals surface area (Å²) in [6.45, 7) is 0. The number of hydrogen-bond acceptors (Lipinski definition) is 4. The average Bonchev–Trinajstić information content (AvgIpc) is 0.722. The summed E-state index contributed by atoms with van der Waals surface area (Å²) >= 11 is 0. The van der Waals surface area contributed by atoms with Crippen molar-refractivity contribution in [3.05, 3.63) is 7.43 Å². The van der Waals surface area contributed by atoms with Crippen molar-refractivity contribution in [2.24, 2.45) is 0 Å². The molecule has 0 N–H and O–H groups in total. The fourth-order valence-electron chi connectivity index (χ4n) is 0. The second kappa shape index (κ2) is 5.25. The van der Waals surface area contributed by atoms with Gasteiger partial charge >= 0.3 is 29.6 Å². The first-order chi connectivity index (χ1) is 2.00. The predicted molar refractivity (Wildman–Crippen MR) is 14.0 cm³/mol. The maximum absolute atomic E-state index is 8.55. The second-order valence-electron chi connectivity index (χ2n) is 0.447. The molecule has 0 aliphatic heterocycles. The largest absolute Gasteiger partial charge is 1.00 e. The van der Waals surface area contributed by atoms with Gasteiger partial charge in [-0.15, -0.1) is 0 Å². The molecule has 0 saturated carbocycles. The zero-order valence-corrected chi connectivity index (χ0v) is 6.97. The molecule has 0 fully saturated rings. The van der Waals surface area contributed by atoms with Gasteiger partial charge in [-0.3, -0.25) is 0 Å². The Morgan fingerprint density at radius 3 is 1.14 bits per heavy atom. The van der Waals surface area contributed by atoms with Crippen LogP contribution < -0.4 is 44.2 Å². The number of rotatable bonds is 0. The third kappa shape index (κ3) is 151. The molecule has 0 rings (SSSR count). The van der Waals surface area contributed by atoms with Gasteiger partial charge in [0.1, 0.15) is 0 Å². The Bertz CT molecular complexity index is 57.8. The van der Waals surface area contributed by atoms with Gasteiger partial charge < -0.3 is 26.7 Å². The van der Waals surface area contributed by atoms with Crippen LogP contribution in [0.5, 0.6) is 0 Å².